The molecule has 3 N–H and O–H groups in total. The number of nitrogens with zero attached hydrogens (tertiary/aromatic N) is 2. The topological polar surface area (TPSA) is 131 Å². The Morgan fingerprint density at radius 2 is 1.91 bits per heavy atom. The number of carbonyl (C=O) groups excluding carboxylic acids is 2. The van der Waals surface area contributed by atoms with Crippen molar-refractivity contribution in [1.82, 2.24) is 15.6 Å². The molecule has 2 saturated heterocycles. The first-order valence-corrected chi connectivity index (χ1v) is 10.8. The van der Waals surface area contributed by atoms with Gasteiger partial charge in [-0.1, -0.05) is 30.3 Å². The lowest BCUT2D eigenvalue weighted by Crippen LogP contribution is -2.71. The average molecular weight is 454 g/mol. The molecule has 2 aliphatic heterocycles. The van der Waals surface area contributed by atoms with Crippen LogP contribution in [0, 0.1) is 11.1 Å². The van der Waals surface area contributed by atoms with Gasteiger partial charge in [0.15, 0.2) is 6.17 Å². The second kappa shape index (κ2) is 9.57. The number of hydroxylamine groups is 2. The van der Waals surface area contributed by atoms with Crippen molar-refractivity contribution in [2.24, 2.45) is 5.92 Å². The molecule has 4 rings (SSSR count). The number of hydrogen-bond donors (Lipinski definition) is 3. The van der Waals surface area contributed by atoms with Crippen molar-refractivity contribution in [1.29, 1.82) is 0 Å². The van der Waals surface area contributed by atoms with Crippen LogP contribution in [-0.4, -0.2) is 58.6 Å². The van der Waals surface area contributed by atoms with Crippen LogP contribution < -0.4 is 15.4 Å². The van der Waals surface area contributed by atoms with Crippen LogP contribution in [0.15, 0.2) is 54.6 Å². The van der Waals surface area contributed by atoms with Gasteiger partial charge in [0.05, 0.1) is 0 Å². The molecule has 0 aliphatic carbocycles. The molecular formula is C23H26N4O6. The zero-order valence-electron chi connectivity index (χ0n) is 18.0. The molecular weight excluding hydrogens is 428 g/mol. The van der Waals surface area contributed by atoms with Gasteiger partial charge >= 0.3 is 5.97 Å². The van der Waals surface area contributed by atoms with Crippen molar-refractivity contribution in [3.63, 3.8) is 0 Å². The molecule has 0 aromatic heterocycles. The second-order valence-corrected chi connectivity index (χ2v) is 8.21. The molecule has 2 amide bonds. The minimum Gasteiger partial charge on any atom is -0.604 e. The number of ether oxygens (including phenoxy) is 1. The van der Waals surface area contributed by atoms with Gasteiger partial charge in [-0.15, -0.1) is 0 Å². The Labute approximate surface area is 190 Å². The van der Waals surface area contributed by atoms with Crippen molar-refractivity contribution in [3.05, 3.63) is 70.9 Å². The summed E-state index contributed by atoms with van der Waals surface area (Å²) in [6.45, 7) is 0.0664. The van der Waals surface area contributed by atoms with Crippen LogP contribution >= 0.6 is 0 Å². The highest BCUT2D eigenvalue weighted by molar-refractivity contribution is 5.94. The molecule has 10 nitrogen and oxygen atoms in total. The minimum absolute atomic E-state index is 0.0636. The number of carboxylic acid groups (broad SMARTS) is 1. The third kappa shape index (κ3) is 4.98. The van der Waals surface area contributed by atoms with Gasteiger partial charge in [0.1, 0.15) is 31.5 Å². The zero-order chi connectivity index (χ0) is 23.4. The van der Waals surface area contributed by atoms with E-state index in [4.69, 9.17) is 4.74 Å². The normalized spacial score (nSPS) is 25.0. The monoisotopic (exact) mass is 454 g/mol. The van der Waals surface area contributed by atoms with Gasteiger partial charge in [-0.05, 0) is 29.8 Å². The summed E-state index contributed by atoms with van der Waals surface area (Å²) in [6, 6.07) is 16.2. The number of quaternary nitrogens is 1. The second-order valence-electron chi connectivity index (χ2n) is 8.21. The Hall–Kier alpha value is -3.47. The predicted molar refractivity (Wildman–Crippen MR) is 117 cm³/mol. The van der Waals surface area contributed by atoms with Crippen molar-refractivity contribution in [2.45, 2.75) is 25.6 Å². The Kier molecular flexibility index (Phi) is 6.59. The lowest BCUT2D eigenvalue weighted by atomic mass is 10.1. The van der Waals surface area contributed by atoms with Gasteiger partial charge in [0.2, 0.25) is 0 Å². The smallest absolute Gasteiger partial charge is 0.313 e. The van der Waals surface area contributed by atoms with Gasteiger partial charge in [0.25, 0.3) is 11.8 Å². The molecule has 2 aromatic carbocycles. The minimum atomic E-state index is -1.22. The number of aliphatic carboxylic acids is 1. The first-order valence-electron chi connectivity index (χ1n) is 10.8. The van der Waals surface area contributed by atoms with Crippen LogP contribution in [0.2, 0.25) is 0 Å². The molecule has 0 spiro atoms. The first kappa shape index (κ1) is 22.7. The van der Waals surface area contributed by atoms with Gasteiger partial charge in [-0.3, -0.25) is 19.7 Å². The van der Waals surface area contributed by atoms with Gasteiger partial charge < -0.3 is 20.4 Å². The van der Waals surface area contributed by atoms with E-state index in [1.807, 2.05) is 30.3 Å². The Morgan fingerprint density at radius 3 is 2.61 bits per heavy atom. The fraction of sp³-hybridized carbons (Fsp3) is 0.348. The van der Waals surface area contributed by atoms with E-state index >= 15 is 0 Å². The summed E-state index contributed by atoms with van der Waals surface area (Å²) in [4.78, 5) is 36.8. The number of amides is 2. The maximum Gasteiger partial charge on any atom is 0.313 e. The van der Waals surface area contributed by atoms with Crippen LogP contribution in [0.1, 0.15) is 28.8 Å². The molecule has 2 fully saturated rings. The largest absolute Gasteiger partial charge is 0.604 e. The van der Waals surface area contributed by atoms with E-state index in [1.165, 1.54) is 0 Å². The number of rotatable bonds is 6. The molecule has 3 atom stereocenters. The molecule has 0 saturated carbocycles. The molecule has 10 heteroatoms. The highest BCUT2D eigenvalue weighted by Gasteiger charge is 2.48. The number of fused-ring (bicyclic) bond motifs is 1. The van der Waals surface area contributed by atoms with E-state index in [-0.39, 0.29) is 38.5 Å². The summed E-state index contributed by atoms with van der Waals surface area (Å²) in [6.07, 6.45) is -0.736. The van der Waals surface area contributed by atoms with Crippen LogP contribution in [0.4, 0.5) is 0 Å². The Balaban J connectivity index is 1.44. The van der Waals surface area contributed by atoms with E-state index in [1.54, 1.807) is 24.3 Å². The van der Waals surface area contributed by atoms with E-state index in [9.17, 15) is 24.7 Å². The van der Waals surface area contributed by atoms with Crippen molar-refractivity contribution >= 4 is 17.8 Å². The molecule has 0 radical (unpaired) electrons. The van der Waals surface area contributed by atoms with Gasteiger partial charge in [-0.25, -0.2) is 4.76 Å². The molecule has 0 bridgehead atoms. The van der Waals surface area contributed by atoms with E-state index < -0.39 is 28.7 Å². The standard InChI is InChI=1S/C23H26N4O6/c28-21-11-10-20(27(32)13-18(23(30)31)12-24-15-26(21)27)25-22(29)17-6-8-19(9-7-17)33-14-16-4-2-1-3-5-16/h1-9,18,20,24H,10-15H2,(H,25,29)(H,30,31). The predicted octanol–water partition coefficient (Wildman–Crippen LogP) is 1.44. The highest BCUT2D eigenvalue weighted by atomic mass is 16.6. The fourth-order valence-corrected chi connectivity index (χ4v) is 4.12. The van der Waals surface area contributed by atoms with Crippen LogP contribution in [0.3, 0.4) is 0 Å². The quantitative estimate of drug-likeness (QED) is 0.445. The summed E-state index contributed by atoms with van der Waals surface area (Å²) in [7, 11) is 0. The van der Waals surface area contributed by atoms with Crippen molar-refractivity contribution in [3.8, 4) is 5.75 Å². The molecule has 2 aromatic rings. The summed E-state index contributed by atoms with van der Waals surface area (Å²) >= 11 is 0. The lowest BCUT2D eigenvalue weighted by Gasteiger charge is -2.55. The maximum absolute atomic E-state index is 13.7. The SMILES string of the molecule is O=C(NC1CCC(=O)N2CNCC(C(=O)O)C[N+]12[O-])c1ccc(OCc2ccccc2)cc1. The molecule has 33 heavy (non-hydrogen) atoms. The van der Waals surface area contributed by atoms with Crippen LogP contribution in [-0.2, 0) is 16.2 Å². The van der Waals surface area contributed by atoms with E-state index in [2.05, 4.69) is 10.6 Å². The maximum atomic E-state index is 13.7. The Morgan fingerprint density at radius 1 is 1.18 bits per heavy atom. The first-order chi connectivity index (χ1) is 15.9. The van der Waals surface area contributed by atoms with Crippen LogP contribution in [0.25, 0.3) is 0 Å². The van der Waals surface area contributed by atoms with Crippen molar-refractivity contribution < 1.29 is 29.0 Å². The number of carbonyl (C=O) groups is 3. The van der Waals surface area contributed by atoms with Crippen molar-refractivity contribution in [2.75, 3.05) is 19.8 Å². The van der Waals surface area contributed by atoms with Crippen LogP contribution in [0.5, 0.6) is 5.75 Å². The molecule has 2 aliphatic rings. The van der Waals surface area contributed by atoms with Gasteiger partial charge in [-0.2, -0.15) is 5.01 Å². The average Bonchev–Trinajstić information content (AvgIpc) is 3.01. The molecule has 174 valence electrons. The van der Waals surface area contributed by atoms with E-state index in [0.29, 0.717) is 17.9 Å². The summed E-state index contributed by atoms with van der Waals surface area (Å²) in [5.74, 6) is -2.33. The highest BCUT2D eigenvalue weighted by Crippen LogP contribution is 2.29. The number of benzene rings is 2. The Bertz CT molecular complexity index is 1020. The molecule has 3 unspecified atom stereocenters. The molecule has 2 heterocycles. The summed E-state index contributed by atoms with van der Waals surface area (Å²) in [5.41, 5.74) is 1.35. The van der Waals surface area contributed by atoms with E-state index in [0.717, 1.165) is 10.6 Å². The number of hydrogen-bond acceptors (Lipinski definition) is 6. The number of carboxylic acids is 1. The third-order valence-electron chi connectivity index (χ3n) is 5.96. The fourth-order valence-electron chi connectivity index (χ4n) is 4.12. The third-order valence-corrected chi connectivity index (χ3v) is 5.96. The summed E-state index contributed by atoms with van der Waals surface area (Å²) < 4.78 is 4.52. The zero-order valence-corrected chi connectivity index (χ0v) is 18.0. The number of nitrogens with one attached hydrogen (secondary N) is 2. The lowest BCUT2D eigenvalue weighted by molar-refractivity contribution is -1.01. The van der Waals surface area contributed by atoms with Gasteiger partial charge in [0, 0.05) is 24.9 Å². The summed E-state index contributed by atoms with van der Waals surface area (Å²) in [5, 5.41) is 29.8.